The van der Waals surface area contributed by atoms with E-state index in [1.165, 1.54) is 22.3 Å². The second-order valence-electron chi connectivity index (χ2n) is 10.2. The van der Waals surface area contributed by atoms with Gasteiger partial charge in [-0.05, 0) is 69.6 Å². The summed E-state index contributed by atoms with van der Waals surface area (Å²) in [5, 5.41) is 13.4. The molecule has 7 nitrogen and oxygen atoms in total. The predicted octanol–water partition coefficient (Wildman–Crippen LogP) is 4.85. The van der Waals surface area contributed by atoms with Crippen LogP contribution in [0.4, 0.5) is 9.18 Å². The molecule has 0 unspecified atom stereocenters. The minimum atomic E-state index is -0.919. The van der Waals surface area contributed by atoms with Gasteiger partial charge >= 0.3 is 6.09 Å². The molecule has 4 atom stereocenters. The van der Waals surface area contributed by atoms with E-state index in [4.69, 9.17) is 4.74 Å². The summed E-state index contributed by atoms with van der Waals surface area (Å²) in [6.45, 7) is 7.39. The van der Waals surface area contributed by atoms with Gasteiger partial charge in [0.05, 0.1) is 16.0 Å². The zero-order valence-corrected chi connectivity index (χ0v) is 21.3. The number of benzene rings is 1. The number of carbonyl (C=O) groups excluding carboxylic acids is 2. The van der Waals surface area contributed by atoms with Gasteiger partial charge in [-0.3, -0.25) is 9.69 Å². The summed E-state index contributed by atoms with van der Waals surface area (Å²) in [5.74, 6) is -0.780. The Morgan fingerprint density at radius 3 is 2.77 bits per heavy atom. The van der Waals surface area contributed by atoms with Gasteiger partial charge in [0.25, 0.3) is 0 Å². The molecule has 1 saturated heterocycles. The molecule has 35 heavy (non-hydrogen) atoms. The third-order valence-electron chi connectivity index (χ3n) is 6.55. The molecule has 2 bridgehead atoms. The number of rotatable bonds is 6. The Labute approximate surface area is 209 Å². The molecule has 2 fully saturated rings. The van der Waals surface area contributed by atoms with Crippen molar-refractivity contribution in [3.63, 3.8) is 0 Å². The van der Waals surface area contributed by atoms with E-state index in [1.54, 1.807) is 33.0 Å². The van der Waals surface area contributed by atoms with Crippen molar-refractivity contribution in [2.24, 2.45) is 5.92 Å². The minimum absolute atomic E-state index is 0.0314. The van der Waals surface area contributed by atoms with E-state index in [-0.39, 0.29) is 24.3 Å². The van der Waals surface area contributed by atoms with Crippen LogP contribution in [0.15, 0.2) is 24.4 Å². The fourth-order valence-electron chi connectivity index (χ4n) is 4.98. The highest BCUT2D eigenvalue weighted by atomic mass is 32.1. The molecular formula is C26H31FN4O3S. The Hall–Kier alpha value is -2.99. The van der Waals surface area contributed by atoms with Crippen molar-refractivity contribution in [3.05, 3.63) is 40.8 Å². The van der Waals surface area contributed by atoms with Crippen molar-refractivity contribution < 1.29 is 18.7 Å². The number of nitrogens with one attached hydrogen (secondary N) is 1. The van der Waals surface area contributed by atoms with Gasteiger partial charge in [-0.2, -0.15) is 5.26 Å². The fourth-order valence-corrected chi connectivity index (χ4v) is 5.84. The van der Waals surface area contributed by atoms with E-state index in [2.05, 4.69) is 16.4 Å². The molecular weight excluding hydrogens is 467 g/mol. The molecule has 1 aromatic heterocycles. The van der Waals surface area contributed by atoms with Crippen LogP contribution in [-0.4, -0.2) is 45.6 Å². The minimum Gasteiger partial charge on any atom is -0.444 e. The Morgan fingerprint density at radius 1 is 1.37 bits per heavy atom. The first-order valence-corrected chi connectivity index (χ1v) is 12.9. The van der Waals surface area contributed by atoms with E-state index in [0.717, 1.165) is 41.1 Å². The molecule has 2 aliphatic rings. The smallest absolute Gasteiger partial charge is 0.411 e. The zero-order valence-electron chi connectivity index (χ0n) is 20.5. The number of hydrogen-bond donors (Lipinski definition) is 1. The lowest BCUT2D eigenvalue weighted by Crippen LogP contribution is -2.55. The lowest BCUT2D eigenvalue weighted by atomic mass is 9.97. The maximum absolute atomic E-state index is 14.9. The number of ether oxygens (including phenoxy) is 1. The molecule has 0 radical (unpaired) electrons. The largest absolute Gasteiger partial charge is 0.444 e. The van der Waals surface area contributed by atoms with Gasteiger partial charge in [-0.1, -0.05) is 19.1 Å². The SMILES string of the molecule is CCc1ncc(-c2ccc(C[C@@H](C#N)NC(=O)[C@@H]3[C@H]4CC[C@H](C4)N3C(=O)OC(C)(C)C)c(F)c2)s1. The Kier molecular flexibility index (Phi) is 7.13. The molecule has 4 rings (SSSR count). The number of amides is 2. The lowest BCUT2D eigenvalue weighted by molar-refractivity contribution is -0.128. The van der Waals surface area contributed by atoms with Crippen molar-refractivity contribution in [1.82, 2.24) is 15.2 Å². The maximum atomic E-state index is 14.9. The quantitative estimate of drug-likeness (QED) is 0.614. The van der Waals surface area contributed by atoms with E-state index < -0.39 is 29.6 Å². The number of carbonyl (C=O) groups is 2. The Bertz CT molecular complexity index is 1150. The highest BCUT2D eigenvalue weighted by molar-refractivity contribution is 7.15. The van der Waals surface area contributed by atoms with Crippen LogP contribution in [0.1, 0.15) is 57.5 Å². The van der Waals surface area contributed by atoms with Crippen LogP contribution in [0.3, 0.4) is 0 Å². The fraction of sp³-hybridized carbons (Fsp3) is 0.538. The second kappa shape index (κ2) is 9.94. The number of aryl methyl sites for hydroxylation is 1. The topological polar surface area (TPSA) is 95.3 Å². The first kappa shape index (κ1) is 25.1. The van der Waals surface area contributed by atoms with Crippen LogP contribution in [0, 0.1) is 23.1 Å². The molecule has 1 aliphatic carbocycles. The predicted molar refractivity (Wildman–Crippen MR) is 131 cm³/mol. The highest BCUT2D eigenvalue weighted by Gasteiger charge is 2.52. The Morgan fingerprint density at radius 2 is 2.14 bits per heavy atom. The first-order valence-electron chi connectivity index (χ1n) is 12.0. The van der Waals surface area contributed by atoms with Crippen LogP contribution >= 0.6 is 11.3 Å². The molecule has 2 amide bonds. The van der Waals surface area contributed by atoms with Crippen LogP contribution in [-0.2, 0) is 22.4 Å². The van der Waals surface area contributed by atoms with Crippen LogP contribution in [0.2, 0.25) is 0 Å². The molecule has 2 heterocycles. The van der Waals surface area contributed by atoms with Crippen molar-refractivity contribution in [2.75, 3.05) is 0 Å². The molecule has 186 valence electrons. The highest BCUT2D eigenvalue weighted by Crippen LogP contribution is 2.43. The van der Waals surface area contributed by atoms with Gasteiger partial charge in [0.15, 0.2) is 0 Å². The van der Waals surface area contributed by atoms with E-state index >= 15 is 0 Å². The average Bonchev–Trinajstić information content (AvgIpc) is 3.54. The van der Waals surface area contributed by atoms with Crippen LogP contribution in [0.5, 0.6) is 0 Å². The van der Waals surface area contributed by atoms with Gasteiger partial charge in [-0.15, -0.1) is 11.3 Å². The summed E-state index contributed by atoms with van der Waals surface area (Å²) in [5.41, 5.74) is 0.407. The van der Waals surface area contributed by atoms with E-state index in [9.17, 15) is 19.2 Å². The molecule has 1 saturated carbocycles. The average molecular weight is 499 g/mol. The van der Waals surface area contributed by atoms with Crippen molar-refractivity contribution in [1.29, 1.82) is 5.26 Å². The number of thiazole rings is 1. The lowest BCUT2D eigenvalue weighted by Gasteiger charge is -2.35. The summed E-state index contributed by atoms with van der Waals surface area (Å²) >= 11 is 1.52. The van der Waals surface area contributed by atoms with E-state index in [1.807, 2.05) is 13.0 Å². The number of aromatic nitrogens is 1. The summed E-state index contributed by atoms with van der Waals surface area (Å²) in [6.07, 6.45) is 4.53. The first-order chi connectivity index (χ1) is 16.6. The second-order valence-corrected chi connectivity index (χ2v) is 11.3. The molecule has 2 aromatic rings. The summed E-state index contributed by atoms with van der Waals surface area (Å²) < 4.78 is 20.4. The summed E-state index contributed by atoms with van der Waals surface area (Å²) in [6, 6.07) is 5.35. The van der Waals surface area contributed by atoms with Gasteiger partial charge in [0, 0.05) is 18.7 Å². The number of piperidine rings is 1. The normalized spacial score (nSPS) is 22.1. The van der Waals surface area contributed by atoms with Crippen LogP contribution in [0.25, 0.3) is 10.4 Å². The number of nitriles is 1. The van der Waals surface area contributed by atoms with Gasteiger partial charge in [0.2, 0.25) is 5.91 Å². The summed E-state index contributed by atoms with van der Waals surface area (Å²) in [4.78, 5) is 32.8. The monoisotopic (exact) mass is 498 g/mol. The van der Waals surface area contributed by atoms with Gasteiger partial charge < -0.3 is 10.1 Å². The third kappa shape index (κ3) is 5.48. The molecule has 1 N–H and O–H groups in total. The van der Waals surface area contributed by atoms with Crippen molar-refractivity contribution in [2.45, 2.75) is 83.5 Å². The van der Waals surface area contributed by atoms with Crippen molar-refractivity contribution in [3.8, 4) is 16.5 Å². The maximum Gasteiger partial charge on any atom is 0.411 e. The molecule has 9 heteroatoms. The van der Waals surface area contributed by atoms with Gasteiger partial charge in [0.1, 0.15) is 23.5 Å². The molecule has 1 aromatic carbocycles. The standard InChI is InChI=1S/C26H31FN4O3S/c1-5-22-29-14-21(35-22)16-7-6-15(20(27)12-16)10-18(13-28)30-24(32)23-17-8-9-19(11-17)31(23)25(33)34-26(2,3)4/h6-7,12,14,17-19,23H,5,8-11H2,1-4H3,(H,30,32)/t17-,18-,19+,23-/m0/s1. The van der Waals surface area contributed by atoms with E-state index in [0.29, 0.717) is 5.56 Å². The number of hydrogen-bond acceptors (Lipinski definition) is 6. The Balaban J connectivity index is 1.45. The third-order valence-corrected chi connectivity index (χ3v) is 7.74. The number of halogens is 1. The molecule has 0 spiro atoms. The van der Waals surface area contributed by atoms with Crippen molar-refractivity contribution >= 4 is 23.3 Å². The number of likely N-dealkylation sites (tertiary alicyclic amines) is 1. The summed E-state index contributed by atoms with van der Waals surface area (Å²) in [7, 11) is 0. The zero-order chi connectivity index (χ0) is 25.3. The number of nitrogens with zero attached hydrogens (tertiary/aromatic N) is 3. The number of fused-ring (bicyclic) bond motifs is 2. The van der Waals surface area contributed by atoms with Crippen LogP contribution < -0.4 is 5.32 Å². The van der Waals surface area contributed by atoms with Gasteiger partial charge in [-0.25, -0.2) is 14.2 Å². The molecule has 1 aliphatic heterocycles.